The molecule has 0 saturated carbocycles. The van der Waals surface area contributed by atoms with Crippen LogP contribution in [0.3, 0.4) is 0 Å². The van der Waals surface area contributed by atoms with Crippen molar-refractivity contribution >= 4 is 26.3 Å². The average molecular weight is 296 g/mol. The highest BCUT2D eigenvalue weighted by molar-refractivity contribution is 9.10. The Labute approximate surface area is 96.3 Å². The minimum Gasteiger partial charge on any atom is -0.361 e. The Hall–Kier alpha value is -0.630. The quantitative estimate of drug-likeness (QED) is 0.813. The van der Waals surface area contributed by atoms with Crippen LogP contribution in [0.4, 0.5) is 0 Å². The molecule has 1 rings (SSSR count). The maximum absolute atomic E-state index is 10.5. The molecule has 7 heteroatoms. The fourth-order valence-corrected chi connectivity index (χ4v) is 2.03. The summed E-state index contributed by atoms with van der Waals surface area (Å²) >= 11 is 3.13. The third kappa shape index (κ3) is 4.17. The zero-order valence-corrected chi connectivity index (χ0v) is 10.1. The van der Waals surface area contributed by atoms with Gasteiger partial charge in [0.25, 0.3) is 0 Å². The molecule has 15 heavy (non-hydrogen) atoms. The van der Waals surface area contributed by atoms with Crippen molar-refractivity contribution in [3.8, 4) is 5.75 Å². The molecule has 0 bridgehead atoms. The van der Waals surface area contributed by atoms with Gasteiger partial charge in [0.15, 0.2) is 5.75 Å². The van der Waals surface area contributed by atoms with Crippen LogP contribution in [0, 0.1) is 0 Å². The van der Waals surface area contributed by atoms with Crippen LogP contribution < -0.4 is 9.92 Å². The maximum atomic E-state index is 10.5. The lowest BCUT2D eigenvalue weighted by atomic mass is 10.1. The van der Waals surface area contributed by atoms with E-state index in [9.17, 15) is 8.42 Å². The van der Waals surface area contributed by atoms with Crippen molar-refractivity contribution < 1.29 is 17.2 Å². The van der Waals surface area contributed by atoms with Gasteiger partial charge < -0.3 is 9.92 Å². The van der Waals surface area contributed by atoms with Gasteiger partial charge in [-0.3, -0.25) is 4.55 Å². The topological polar surface area (TPSA) is 89.6 Å². The van der Waals surface area contributed by atoms with Crippen LogP contribution in [0.1, 0.15) is 5.56 Å². The second-order valence-electron chi connectivity index (χ2n) is 2.81. The third-order valence-corrected chi connectivity index (χ3v) is 2.63. The fourth-order valence-electron chi connectivity index (χ4n) is 1.05. The van der Waals surface area contributed by atoms with Crippen molar-refractivity contribution in [2.24, 2.45) is 5.73 Å². The number of halogens is 1. The predicted octanol–water partition coefficient (Wildman–Crippen LogP) is 1.13. The van der Waals surface area contributed by atoms with Crippen molar-refractivity contribution in [2.45, 2.75) is 6.42 Å². The zero-order valence-electron chi connectivity index (χ0n) is 7.68. The van der Waals surface area contributed by atoms with Crippen LogP contribution in [-0.2, 0) is 16.8 Å². The fraction of sp³-hybridized carbons (Fsp3) is 0.250. The molecule has 0 aliphatic rings. The highest BCUT2D eigenvalue weighted by Crippen LogP contribution is 2.27. The first-order valence-electron chi connectivity index (χ1n) is 4.08. The molecule has 5 nitrogen and oxygen atoms in total. The van der Waals surface area contributed by atoms with Gasteiger partial charge in [-0.15, -0.1) is 0 Å². The molecule has 3 N–H and O–H groups in total. The molecule has 0 radical (unpaired) electrons. The Morgan fingerprint density at radius 2 is 2.13 bits per heavy atom. The Bertz CT molecular complexity index is 446. The summed E-state index contributed by atoms with van der Waals surface area (Å²) in [6, 6.07) is 4.81. The van der Waals surface area contributed by atoms with E-state index < -0.39 is 10.4 Å². The van der Waals surface area contributed by atoms with Crippen LogP contribution in [-0.4, -0.2) is 19.5 Å². The van der Waals surface area contributed by atoms with Gasteiger partial charge in [-0.2, -0.15) is 8.42 Å². The van der Waals surface area contributed by atoms with E-state index in [1.807, 2.05) is 0 Å². The SMILES string of the molecule is NCCc1ccc(OS(=O)(=O)O)c(Br)c1. The minimum absolute atomic E-state index is 0.0401. The summed E-state index contributed by atoms with van der Waals surface area (Å²) < 4.78 is 34.2. The number of hydrogen-bond acceptors (Lipinski definition) is 4. The van der Waals surface area contributed by atoms with Crippen molar-refractivity contribution in [2.75, 3.05) is 6.54 Å². The normalized spacial score (nSPS) is 11.4. The van der Waals surface area contributed by atoms with Crippen LogP contribution in [0.25, 0.3) is 0 Å². The molecule has 0 aromatic heterocycles. The first-order chi connectivity index (χ1) is 6.92. The minimum atomic E-state index is -4.48. The molecule has 0 unspecified atom stereocenters. The Morgan fingerprint density at radius 1 is 1.47 bits per heavy atom. The zero-order chi connectivity index (χ0) is 11.5. The lowest BCUT2D eigenvalue weighted by molar-refractivity contribution is 0.386. The molecule has 0 spiro atoms. The van der Waals surface area contributed by atoms with Gasteiger partial charge in [-0.1, -0.05) is 6.07 Å². The summed E-state index contributed by atoms with van der Waals surface area (Å²) in [6.45, 7) is 0.505. The second-order valence-corrected chi connectivity index (χ2v) is 4.69. The Kier molecular flexibility index (Phi) is 4.09. The summed E-state index contributed by atoms with van der Waals surface area (Å²) in [5.41, 5.74) is 6.32. The Balaban J connectivity index is 2.93. The van der Waals surface area contributed by atoms with E-state index in [-0.39, 0.29) is 5.75 Å². The van der Waals surface area contributed by atoms with Crippen molar-refractivity contribution in [3.05, 3.63) is 28.2 Å². The lowest BCUT2D eigenvalue weighted by Crippen LogP contribution is -2.07. The van der Waals surface area contributed by atoms with Crippen molar-refractivity contribution in [1.29, 1.82) is 0 Å². The highest BCUT2D eigenvalue weighted by atomic mass is 79.9. The van der Waals surface area contributed by atoms with E-state index in [1.165, 1.54) is 6.07 Å². The lowest BCUT2D eigenvalue weighted by Gasteiger charge is -2.05. The summed E-state index contributed by atoms with van der Waals surface area (Å²) in [5.74, 6) is 0.0401. The van der Waals surface area contributed by atoms with Gasteiger partial charge in [0.05, 0.1) is 4.47 Å². The van der Waals surface area contributed by atoms with Crippen LogP contribution >= 0.6 is 15.9 Å². The molecular weight excluding hydrogens is 286 g/mol. The third-order valence-electron chi connectivity index (χ3n) is 1.62. The molecule has 0 heterocycles. The summed E-state index contributed by atoms with van der Waals surface area (Å²) in [4.78, 5) is 0. The molecule has 84 valence electrons. The van der Waals surface area contributed by atoms with Gasteiger partial charge in [0, 0.05) is 0 Å². The molecule has 1 aromatic carbocycles. The van der Waals surface area contributed by atoms with Crippen LogP contribution in [0.15, 0.2) is 22.7 Å². The number of rotatable bonds is 4. The maximum Gasteiger partial charge on any atom is 0.446 e. The summed E-state index contributed by atoms with van der Waals surface area (Å²) in [5, 5.41) is 0. The molecule has 1 aromatic rings. The Morgan fingerprint density at radius 3 is 2.60 bits per heavy atom. The van der Waals surface area contributed by atoms with E-state index in [4.69, 9.17) is 10.3 Å². The van der Waals surface area contributed by atoms with Gasteiger partial charge in [-0.05, 0) is 46.6 Å². The smallest absolute Gasteiger partial charge is 0.361 e. The molecule has 0 fully saturated rings. The molecule has 0 saturated heterocycles. The van der Waals surface area contributed by atoms with Crippen molar-refractivity contribution in [1.82, 2.24) is 0 Å². The monoisotopic (exact) mass is 295 g/mol. The van der Waals surface area contributed by atoms with Crippen LogP contribution in [0.5, 0.6) is 5.75 Å². The largest absolute Gasteiger partial charge is 0.446 e. The van der Waals surface area contributed by atoms with E-state index >= 15 is 0 Å². The van der Waals surface area contributed by atoms with E-state index in [2.05, 4.69) is 20.1 Å². The van der Waals surface area contributed by atoms with E-state index in [0.29, 0.717) is 17.4 Å². The molecule has 0 aliphatic carbocycles. The standard InChI is InChI=1S/C8H10BrNO4S/c9-7-5-6(3-4-10)1-2-8(7)14-15(11,12)13/h1-2,5H,3-4,10H2,(H,11,12,13). The molecule has 0 atom stereocenters. The van der Waals surface area contributed by atoms with Crippen molar-refractivity contribution in [3.63, 3.8) is 0 Å². The van der Waals surface area contributed by atoms with Gasteiger partial charge in [0.1, 0.15) is 0 Å². The number of hydrogen-bond donors (Lipinski definition) is 2. The highest BCUT2D eigenvalue weighted by Gasteiger charge is 2.10. The molecule has 0 amide bonds. The second kappa shape index (κ2) is 4.93. The van der Waals surface area contributed by atoms with Crippen LogP contribution in [0.2, 0.25) is 0 Å². The predicted molar refractivity (Wildman–Crippen MR) is 59.1 cm³/mol. The summed E-state index contributed by atoms with van der Waals surface area (Å²) in [6.07, 6.45) is 0.685. The van der Waals surface area contributed by atoms with E-state index in [1.54, 1.807) is 12.1 Å². The van der Waals surface area contributed by atoms with E-state index in [0.717, 1.165) is 5.56 Å². The number of benzene rings is 1. The van der Waals surface area contributed by atoms with Gasteiger partial charge in [0.2, 0.25) is 0 Å². The number of nitrogens with two attached hydrogens (primary N) is 1. The van der Waals surface area contributed by atoms with Gasteiger partial charge in [-0.25, -0.2) is 0 Å². The first-order valence-corrected chi connectivity index (χ1v) is 6.23. The summed E-state index contributed by atoms with van der Waals surface area (Å²) in [7, 11) is -4.48. The molecule has 0 aliphatic heterocycles. The van der Waals surface area contributed by atoms with Gasteiger partial charge >= 0.3 is 10.4 Å². The first kappa shape index (κ1) is 12.4. The molecular formula is C8H10BrNO4S. The average Bonchev–Trinajstić information content (AvgIpc) is 2.08.